The average Bonchev–Trinajstić information content (AvgIpc) is 3.63. The van der Waals surface area contributed by atoms with Gasteiger partial charge < -0.3 is 4.74 Å². The Morgan fingerprint density at radius 3 is 2.51 bits per heavy atom. The van der Waals surface area contributed by atoms with E-state index in [1.165, 1.54) is 22.9 Å². The summed E-state index contributed by atoms with van der Waals surface area (Å²) in [5.41, 5.74) is -1.67. The second-order valence-corrected chi connectivity index (χ2v) is 10.5. The SMILES string of the molecule is CC[C@](OC(=O)c1ccc([N+](=O)[O-])cc1)(c1cn(Cc2ccc3c(-c4csc(C)n4)cc(C#N)nc3c2)nn1)C(F)(F)F. The van der Waals surface area contributed by atoms with Crippen LogP contribution in [0.3, 0.4) is 0 Å². The van der Waals surface area contributed by atoms with Gasteiger partial charge in [-0.25, -0.2) is 19.4 Å². The van der Waals surface area contributed by atoms with E-state index in [1.807, 2.05) is 18.4 Å². The Bertz CT molecular complexity index is 1900. The summed E-state index contributed by atoms with van der Waals surface area (Å²) in [5, 5.41) is 31.4. The highest BCUT2D eigenvalue weighted by Gasteiger charge is 2.60. The first kappa shape index (κ1) is 29.3. The van der Waals surface area contributed by atoms with Gasteiger partial charge in [0.15, 0.2) is 0 Å². The molecule has 5 aromatic rings. The van der Waals surface area contributed by atoms with Crippen LogP contribution in [0.1, 0.15) is 45.7 Å². The summed E-state index contributed by atoms with van der Waals surface area (Å²) < 4.78 is 49.7. The molecule has 0 N–H and O–H groups in total. The van der Waals surface area contributed by atoms with Gasteiger partial charge in [-0.1, -0.05) is 24.3 Å². The molecule has 0 bridgehead atoms. The number of thiazole rings is 1. The van der Waals surface area contributed by atoms with Gasteiger partial charge in [0.05, 0.1) is 39.4 Å². The van der Waals surface area contributed by atoms with Crippen LogP contribution in [-0.4, -0.2) is 42.0 Å². The molecule has 0 spiro atoms. The van der Waals surface area contributed by atoms with Crippen molar-refractivity contribution in [3.63, 3.8) is 0 Å². The number of nitrogens with zero attached hydrogens (tertiary/aromatic N) is 7. The zero-order valence-electron chi connectivity index (χ0n) is 22.5. The molecule has 3 heterocycles. The third-order valence-electron chi connectivity index (χ3n) is 6.72. The van der Waals surface area contributed by atoms with Gasteiger partial charge in [-0.3, -0.25) is 10.1 Å². The maximum absolute atomic E-state index is 14.5. The Kier molecular flexibility index (Phi) is 7.63. The van der Waals surface area contributed by atoms with Crippen molar-refractivity contribution in [3.8, 4) is 17.3 Å². The number of pyridine rings is 1. The summed E-state index contributed by atoms with van der Waals surface area (Å²) >= 11 is 1.47. The number of ether oxygens (including phenoxy) is 1. The molecule has 0 aliphatic heterocycles. The van der Waals surface area contributed by atoms with Gasteiger partial charge in [0.1, 0.15) is 17.5 Å². The van der Waals surface area contributed by atoms with Gasteiger partial charge in [0, 0.05) is 28.5 Å². The first-order valence-corrected chi connectivity index (χ1v) is 13.5. The zero-order valence-corrected chi connectivity index (χ0v) is 23.3. The third-order valence-corrected chi connectivity index (χ3v) is 7.49. The lowest BCUT2D eigenvalue weighted by Crippen LogP contribution is -2.46. The third kappa shape index (κ3) is 5.64. The zero-order chi connectivity index (χ0) is 30.9. The highest BCUT2D eigenvalue weighted by atomic mass is 32.1. The monoisotopic (exact) mass is 607 g/mol. The lowest BCUT2D eigenvalue weighted by atomic mass is 9.95. The van der Waals surface area contributed by atoms with E-state index >= 15 is 0 Å². The number of carbonyl (C=O) groups is 1. The quantitative estimate of drug-likeness (QED) is 0.116. The van der Waals surface area contributed by atoms with Crippen LogP contribution in [0.15, 0.2) is 60.1 Å². The number of non-ortho nitro benzene ring substituents is 1. The van der Waals surface area contributed by atoms with Crippen LogP contribution >= 0.6 is 11.3 Å². The number of hydrogen-bond acceptors (Lipinski definition) is 10. The first-order valence-electron chi connectivity index (χ1n) is 12.7. The molecule has 5 rings (SSSR count). The van der Waals surface area contributed by atoms with Crippen molar-refractivity contribution in [2.75, 3.05) is 0 Å². The van der Waals surface area contributed by atoms with E-state index in [4.69, 9.17) is 4.74 Å². The Morgan fingerprint density at radius 2 is 1.91 bits per heavy atom. The Morgan fingerprint density at radius 1 is 1.16 bits per heavy atom. The number of esters is 1. The number of aromatic nitrogens is 5. The highest BCUT2D eigenvalue weighted by molar-refractivity contribution is 7.09. The molecule has 0 amide bonds. The Labute approximate surface area is 245 Å². The van der Waals surface area contributed by atoms with Crippen molar-refractivity contribution >= 4 is 33.9 Å². The molecule has 11 nitrogen and oxygen atoms in total. The number of fused-ring (bicyclic) bond motifs is 1. The molecule has 218 valence electrons. The van der Waals surface area contributed by atoms with Crippen LogP contribution in [0.25, 0.3) is 22.2 Å². The molecule has 0 radical (unpaired) electrons. The fraction of sp³-hybridized carbons (Fsp3) is 0.214. The molecule has 0 saturated carbocycles. The molecular weight excluding hydrogens is 587 g/mol. The van der Waals surface area contributed by atoms with E-state index in [0.29, 0.717) is 16.8 Å². The Hall–Kier alpha value is -5.23. The fourth-order valence-electron chi connectivity index (χ4n) is 4.52. The summed E-state index contributed by atoms with van der Waals surface area (Å²) in [6.45, 7) is 3.06. The molecule has 3 aromatic heterocycles. The van der Waals surface area contributed by atoms with Crippen LogP contribution in [0, 0.1) is 28.4 Å². The largest absolute Gasteiger partial charge is 0.439 e. The number of carbonyl (C=O) groups excluding carboxylic acids is 1. The molecule has 0 aliphatic rings. The number of aryl methyl sites for hydroxylation is 1. The molecule has 0 aliphatic carbocycles. The van der Waals surface area contributed by atoms with Crippen LogP contribution in [0.5, 0.6) is 0 Å². The topological polar surface area (TPSA) is 150 Å². The van der Waals surface area contributed by atoms with Crippen molar-refractivity contribution < 1.29 is 27.6 Å². The number of hydrogen-bond donors (Lipinski definition) is 0. The minimum atomic E-state index is -5.07. The minimum Gasteiger partial charge on any atom is -0.439 e. The second-order valence-electron chi connectivity index (χ2n) is 9.44. The Balaban J connectivity index is 1.45. The van der Waals surface area contributed by atoms with Crippen LogP contribution in [0.4, 0.5) is 18.9 Å². The van der Waals surface area contributed by atoms with Crippen molar-refractivity contribution in [3.05, 3.63) is 97.7 Å². The van der Waals surface area contributed by atoms with E-state index in [2.05, 4.69) is 20.3 Å². The maximum Gasteiger partial charge on any atom is 0.434 e. The lowest BCUT2D eigenvalue weighted by molar-refractivity contribution is -0.384. The first-order chi connectivity index (χ1) is 20.4. The number of nitriles is 1. The molecule has 43 heavy (non-hydrogen) atoms. The molecule has 0 saturated heterocycles. The van der Waals surface area contributed by atoms with E-state index in [0.717, 1.165) is 46.4 Å². The molecule has 1 atom stereocenters. The molecular formula is C28H20F3N7O4S. The molecule has 15 heteroatoms. The van der Waals surface area contributed by atoms with Crippen molar-refractivity contribution in [2.24, 2.45) is 0 Å². The number of alkyl halides is 3. The van der Waals surface area contributed by atoms with E-state index in [1.54, 1.807) is 24.3 Å². The summed E-state index contributed by atoms with van der Waals surface area (Å²) in [7, 11) is 0. The maximum atomic E-state index is 14.5. The summed E-state index contributed by atoms with van der Waals surface area (Å²) in [6, 6.07) is 13.0. The van der Waals surface area contributed by atoms with Crippen molar-refractivity contribution in [1.29, 1.82) is 5.26 Å². The van der Waals surface area contributed by atoms with E-state index < -0.39 is 34.8 Å². The second kappa shape index (κ2) is 11.2. The normalized spacial score (nSPS) is 12.9. The summed E-state index contributed by atoms with van der Waals surface area (Å²) in [6.07, 6.45) is -4.72. The summed E-state index contributed by atoms with van der Waals surface area (Å²) in [4.78, 5) is 31.8. The molecule has 2 aromatic carbocycles. The smallest absolute Gasteiger partial charge is 0.434 e. The number of rotatable bonds is 8. The van der Waals surface area contributed by atoms with Crippen LogP contribution < -0.4 is 0 Å². The predicted molar refractivity (Wildman–Crippen MR) is 148 cm³/mol. The summed E-state index contributed by atoms with van der Waals surface area (Å²) in [5.74, 6) is -1.33. The fourth-order valence-corrected chi connectivity index (χ4v) is 5.13. The number of halogens is 3. The highest BCUT2D eigenvalue weighted by Crippen LogP contribution is 2.44. The van der Waals surface area contributed by atoms with Gasteiger partial charge in [-0.2, -0.15) is 18.4 Å². The van der Waals surface area contributed by atoms with Gasteiger partial charge in [0.2, 0.25) is 0 Å². The predicted octanol–water partition coefficient (Wildman–Crippen LogP) is 6.11. The van der Waals surface area contributed by atoms with Crippen LogP contribution in [-0.2, 0) is 16.9 Å². The lowest BCUT2D eigenvalue weighted by Gasteiger charge is -2.32. The minimum absolute atomic E-state index is 0.000490. The molecule has 0 unspecified atom stereocenters. The van der Waals surface area contributed by atoms with Crippen molar-refractivity contribution in [2.45, 2.75) is 38.6 Å². The average molecular weight is 608 g/mol. The van der Waals surface area contributed by atoms with Gasteiger partial charge in [-0.05, 0) is 43.2 Å². The number of benzene rings is 2. The van der Waals surface area contributed by atoms with Gasteiger partial charge in [-0.15, -0.1) is 16.4 Å². The van der Waals surface area contributed by atoms with Crippen LogP contribution in [0.2, 0.25) is 0 Å². The van der Waals surface area contributed by atoms with Crippen molar-refractivity contribution in [1.82, 2.24) is 25.0 Å². The van der Waals surface area contributed by atoms with Gasteiger partial charge in [0.25, 0.3) is 11.3 Å². The van der Waals surface area contributed by atoms with Gasteiger partial charge >= 0.3 is 12.1 Å². The molecule has 0 fully saturated rings. The van der Waals surface area contributed by atoms with E-state index in [9.17, 15) is 33.3 Å². The van der Waals surface area contributed by atoms with E-state index in [-0.39, 0.29) is 23.5 Å². The number of nitro benzene ring substituents is 1. The standard InChI is InChI=1S/C28H20F3N7O4S/c1-3-27(28(29,30)31,42-26(39)18-5-7-20(8-6-18)38(40)41)25-14-37(36-35-25)13-17-4-9-21-22(24-15-43-16(2)33-24)11-19(12-32)34-23(21)10-17/h4-11,14-15H,3,13H2,1-2H3/t27-/m0/s1. The number of nitro groups is 1.